The molecule has 3 aromatic carbocycles. The largest absolute Gasteiger partial charge is 0.497 e. The molecule has 0 bridgehead atoms. The molecule has 0 fully saturated rings. The third-order valence-electron chi connectivity index (χ3n) is 4.98. The Morgan fingerprint density at radius 2 is 1.68 bits per heavy atom. The van der Waals surface area contributed by atoms with E-state index in [4.69, 9.17) is 14.2 Å². The highest BCUT2D eigenvalue weighted by atomic mass is 32.2. The normalized spacial score (nSPS) is 10.6. The lowest BCUT2D eigenvalue weighted by Gasteiger charge is -2.14. The van der Waals surface area contributed by atoms with Gasteiger partial charge in [0, 0.05) is 23.4 Å². The molecule has 174 valence electrons. The van der Waals surface area contributed by atoms with Gasteiger partial charge in [-0.3, -0.25) is 9.36 Å². The van der Waals surface area contributed by atoms with Crippen LogP contribution in [0.15, 0.2) is 78.0 Å². The molecule has 0 spiro atoms. The Bertz CT molecular complexity index is 1280. The number of hydrogen-bond acceptors (Lipinski definition) is 7. The van der Waals surface area contributed by atoms with E-state index in [9.17, 15) is 4.79 Å². The first-order valence-electron chi connectivity index (χ1n) is 10.4. The molecule has 0 aliphatic carbocycles. The van der Waals surface area contributed by atoms with E-state index >= 15 is 0 Å². The molecule has 0 unspecified atom stereocenters. The number of hydrogen-bond donors (Lipinski definition) is 1. The van der Waals surface area contributed by atoms with Crippen LogP contribution in [-0.2, 0) is 4.79 Å². The number of thioether (sulfide) groups is 1. The summed E-state index contributed by atoms with van der Waals surface area (Å²) in [5, 5.41) is 12.3. The van der Waals surface area contributed by atoms with Crippen molar-refractivity contribution in [3.8, 4) is 34.3 Å². The van der Waals surface area contributed by atoms with Crippen LogP contribution < -0.4 is 19.5 Å². The molecule has 1 amide bonds. The number of methoxy groups -OCH3 is 3. The second kappa shape index (κ2) is 10.8. The number of benzene rings is 3. The summed E-state index contributed by atoms with van der Waals surface area (Å²) in [5.41, 5.74) is 2.35. The molecule has 0 aliphatic rings. The minimum Gasteiger partial charge on any atom is -0.497 e. The van der Waals surface area contributed by atoms with Gasteiger partial charge in [-0.1, -0.05) is 48.2 Å². The van der Waals surface area contributed by atoms with Crippen molar-refractivity contribution in [3.05, 3.63) is 72.8 Å². The third-order valence-corrected chi connectivity index (χ3v) is 5.91. The van der Waals surface area contributed by atoms with Crippen LogP contribution in [0.25, 0.3) is 17.1 Å². The molecule has 0 saturated heterocycles. The minimum absolute atomic E-state index is 0.150. The molecule has 34 heavy (non-hydrogen) atoms. The van der Waals surface area contributed by atoms with Gasteiger partial charge in [-0.15, -0.1) is 10.2 Å². The van der Waals surface area contributed by atoms with E-state index in [0.29, 0.717) is 33.9 Å². The summed E-state index contributed by atoms with van der Waals surface area (Å²) >= 11 is 1.29. The number of rotatable bonds is 9. The van der Waals surface area contributed by atoms with Gasteiger partial charge < -0.3 is 19.5 Å². The number of carbonyl (C=O) groups excluding carboxylic acids is 1. The van der Waals surface area contributed by atoms with Crippen molar-refractivity contribution in [3.63, 3.8) is 0 Å². The summed E-state index contributed by atoms with van der Waals surface area (Å²) in [4.78, 5) is 12.6. The van der Waals surface area contributed by atoms with Gasteiger partial charge in [0.25, 0.3) is 0 Å². The monoisotopic (exact) mass is 476 g/mol. The molecule has 4 aromatic rings. The SMILES string of the molecule is COc1cccc(NC(=O)CSc2nnc(-c3ccccc3)n2-c2ccc(OC)c(OC)c2)c1. The molecule has 8 nitrogen and oxygen atoms in total. The van der Waals surface area contributed by atoms with Gasteiger partial charge in [-0.25, -0.2) is 0 Å². The molecule has 9 heteroatoms. The van der Waals surface area contributed by atoms with Crippen molar-refractivity contribution in [1.29, 1.82) is 0 Å². The summed E-state index contributed by atoms with van der Waals surface area (Å²) in [6.45, 7) is 0. The maximum absolute atomic E-state index is 12.6. The van der Waals surface area contributed by atoms with Crippen LogP contribution in [0.3, 0.4) is 0 Å². The van der Waals surface area contributed by atoms with Gasteiger partial charge >= 0.3 is 0 Å². The minimum atomic E-state index is -0.165. The molecular formula is C25H24N4O4S. The van der Waals surface area contributed by atoms with Crippen LogP contribution >= 0.6 is 11.8 Å². The van der Waals surface area contributed by atoms with E-state index in [1.54, 1.807) is 27.4 Å². The highest BCUT2D eigenvalue weighted by Gasteiger charge is 2.19. The molecule has 4 rings (SSSR count). The highest BCUT2D eigenvalue weighted by molar-refractivity contribution is 7.99. The Hall–Kier alpha value is -3.98. The van der Waals surface area contributed by atoms with Gasteiger partial charge in [-0.05, 0) is 24.3 Å². The first kappa shape index (κ1) is 23.2. The lowest BCUT2D eigenvalue weighted by atomic mass is 10.2. The van der Waals surface area contributed by atoms with E-state index in [-0.39, 0.29) is 11.7 Å². The van der Waals surface area contributed by atoms with Crippen molar-refractivity contribution in [2.45, 2.75) is 5.16 Å². The second-order valence-corrected chi connectivity index (χ2v) is 8.06. The first-order chi connectivity index (χ1) is 16.6. The number of aromatic nitrogens is 3. The Labute approximate surface area is 201 Å². The number of nitrogens with one attached hydrogen (secondary N) is 1. The van der Waals surface area contributed by atoms with Crippen molar-refractivity contribution in [1.82, 2.24) is 14.8 Å². The molecule has 1 N–H and O–H groups in total. The van der Waals surface area contributed by atoms with E-state index in [1.165, 1.54) is 11.8 Å². The van der Waals surface area contributed by atoms with E-state index in [2.05, 4.69) is 15.5 Å². The Balaban J connectivity index is 1.62. The Morgan fingerprint density at radius 3 is 2.41 bits per heavy atom. The summed E-state index contributed by atoms with van der Waals surface area (Å²) in [6, 6.07) is 22.6. The highest BCUT2D eigenvalue weighted by Crippen LogP contribution is 2.33. The van der Waals surface area contributed by atoms with Crippen molar-refractivity contribution in [2.75, 3.05) is 32.4 Å². The zero-order valence-electron chi connectivity index (χ0n) is 19.0. The van der Waals surface area contributed by atoms with Gasteiger partial charge in [-0.2, -0.15) is 0 Å². The predicted molar refractivity (Wildman–Crippen MR) is 132 cm³/mol. The quantitative estimate of drug-likeness (QED) is 0.351. The molecule has 1 aromatic heterocycles. The smallest absolute Gasteiger partial charge is 0.234 e. The molecular weight excluding hydrogens is 452 g/mol. The zero-order valence-corrected chi connectivity index (χ0v) is 19.8. The van der Waals surface area contributed by atoms with Crippen LogP contribution in [0.4, 0.5) is 5.69 Å². The van der Waals surface area contributed by atoms with Crippen LogP contribution in [0.1, 0.15) is 0 Å². The average Bonchev–Trinajstić information content (AvgIpc) is 3.31. The number of ether oxygens (including phenoxy) is 3. The number of carbonyl (C=O) groups is 1. The maximum atomic E-state index is 12.6. The molecule has 0 atom stereocenters. The Kier molecular flexibility index (Phi) is 7.34. The lowest BCUT2D eigenvalue weighted by Crippen LogP contribution is -2.14. The van der Waals surface area contributed by atoms with Crippen molar-refractivity contribution < 1.29 is 19.0 Å². The number of nitrogens with zero attached hydrogens (tertiary/aromatic N) is 3. The Morgan fingerprint density at radius 1 is 0.882 bits per heavy atom. The van der Waals surface area contributed by atoms with Gasteiger partial charge in [0.2, 0.25) is 5.91 Å². The topological polar surface area (TPSA) is 87.5 Å². The average molecular weight is 477 g/mol. The fourth-order valence-corrected chi connectivity index (χ4v) is 4.11. The third kappa shape index (κ3) is 5.15. The van der Waals surface area contributed by atoms with Crippen LogP contribution in [0.5, 0.6) is 17.2 Å². The van der Waals surface area contributed by atoms with E-state index in [1.807, 2.05) is 71.3 Å². The standard InChI is InChI=1S/C25H24N4O4S/c1-31-20-11-7-10-18(14-20)26-23(30)16-34-25-28-27-24(17-8-5-4-6-9-17)29(25)19-12-13-21(32-2)22(15-19)33-3/h4-15H,16H2,1-3H3,(H,26,30). The number of amides is 1. The van der Waals surface area contributed by atoms with E-state index < -0.39 is 0 Å². The number of anilines is 1. The molecule has 0 aliphatic heterocycles. The van der Waals surface area contributed by atoms with Crippen molar-refractivity contribution >= 4 is 23.4 Å². The van der Waals surface area contributed by atoms with Gasteiger partial charge in [0.05, 0.1) is 32.8 Å². The van der Waals surface area contributed by atoms with Crippen LogP contribution in [0.2, 0.25) is 0 Å². The fraction of sp³-hybridized carbons (Fsp3) is 0.160. The lowest BCUT2D eigenvalue weighted by molar-refractivity contribution is -0.113. The molecule has 1 heterocycles. The zero-order chi connectivity index (χ0) is 23.9. The summed E-state index contributed by atoms with van der Waals surface area (Å²) in [5.74, 6) is 2.51. The molecule has 0 saturated carbocycles. The van der Waals surface area contributed by atoms with E-state index in [0.717, 1.165) is 11.3 Å². The van der Waals surface area contributed by atoms with Gasteiger partial charge in [0.1, 0.15) is 5.75 Å². The molecule has 0 radical (unpaired) electrons. The second-order valence-electron chi connectivity index (χ2n) is 7.12. The van der Waals surface area contributed by atoms with Crippen molar-refractivity contribution in [2.24, 2.45) is 0 Å². The maximum Gasteiger partial charge on any atom is 0.234 e. The van der Waals surface area contributed by atoms with Gasteiger partial charge in [0.15, 0.2) is 22.5 Å². The summed E-state index contributed by atoms with van der Waals surface area (Å²) < 4.78 is 18.0. The summed E-state index contributed by atoms with van der Waals surface area (Å²) in [7, 11) is 4.76. The fourth-order valence-electron chi connectivity index (χ4n) is 3.36. The van der Waals surface area contributed by atoms with Crippen LogP contribution in [-0.4, -0.2) is 47.8 Å². The predicted octanol–water partition coefficient (Wildman–Crippen LogP) is 4.69. The van der Waals surface area contributed by atoms with Crippen LogP contribution in [0, 0.1) is 0 Å². The summed E-state index contributed by atoms with van der Waals surface area (Å²) in [6.07, 6.45) is 0. The first-order valence-corrected chi connectivity index (χ1v) is 11.4.